The number of hydrogen-bond acceptors (Lipinski definition) is 2. The van der Waals surface area contributed by atoms with Crippen LogP contribution in [0.5, 0.6) is 5.75 Å². The van der Waals surface area contributed by atoms with Gasteiger partial charge in [-0.05, 0) is 58.3 Å². The Balaban J connectivity index is 1.98. The molecule has 88 valence electrons. The Kier molecular flexibility index (Phi) is 3.49. The quantitative estimate of drug-likeness (QED) is 0.822. The van der Waals surface area contributed by atoms with E-state index < -0.39 is 0 Å². The second-order valence-electron chi connectivity index (χ2n) is 4.81. The third kappa shape index (κ3) is 2.56. The summed E-state index contributed by atoms with van der Waals surface area (Å²) in [6.07, 6.45) is 4.80. The summed E-state index contributed by atoms with van der Waals surface area (Å²) in [6.45, 7) is 3.13. The molecule has 1 aliphatic carbocycles. The van der Waals surface area contributed by atoms with Gasteiger partial charge in [0, 0.05) is 0 Å². The highest BCUT2D eigenvalue weighted by Gasteiger charge is 2.38. The first kappa shape index (κ1) is 11.5. The summed E-state index contributed by atoms with van der Waals surface area (Å²) in [5, 5.41) is 3.21. The fourth-order valence-electron chi connectivity index (χ4n) is 2.18. The molecule has 0 atom stereocenters. The van der Waals surface area contributed by atoms with Gasteiger partial charge in [0.25, 0.3) is 0 Å². The van der Waals surface area contributed by atoms with Crippen LogP contribution in [0.3, 0.4) is 0 Å². The van der Waals surface area contributed by atoms with Crippen LogP contribution in [-0.4, -0.2) is 19.2 Å². The Morgan fingerprint density at radius 2 is 1.94 bits per heavy atom. The molecule has 0 radical (unpaired) electrons. The third-order valence-electron chi connectivity index (χ3n) is 3.45. The molecule has 1 aliphatic rings. The fraction of sp³-hybridized carbons (Fsp3) is 0.571. The van der Waals surface area contributed by atoms with Crippen LogP contribution in [0, 0.1) is 6.92 Å². The average molecular weight is 219 g/mol. The lowest BCUT2D eigenvalue weighted by atomic mass is 9.77. The standard InChI is InChI=1S/C14H21NO/c1-12-4-6-13(7-5-12)16-14(8-3-9-14)10-11-15-2/h4-7,15H,3,8-11H2,1-2H3. The van der Waals surface area contributed by atoms with Crippen LogP contribution in [0.25, 0.3) is 0 Å². The Morgan fingerprint density at radius 3 is 2.44 bits per heavy atom. The zero-order valence-corrected chi connectivity index (χ0v) is 10.3. The minimum Gasteiger partial charge on any atom is -0.487 e. The fourth-order valence-corrected chi connectivity index (χ4v) is 2.18. The van der Waals surface area contributed by atoms with Crippen molar-refractivity contribution in [3.05, 3.63) is 29.8 Å². The molecule has 0 spiro atoms. The van der Waals surface area contributed by atoms with Crippen molar-refractivity contribution in [3.8, 4) is 5.75 Å². The second kappa shape index (κ2) is 4.88. The molecule has 0 heterocycles. The SMILES string of the molecule is CNCCC1(Oc2ccc(C)cc2)CCC1. The maximum absolute atomic E-state index is 6.16. The van der Waals surface area contributed by atoms with E-state index in [4.69, 9.17) is 4.74 Å². The Labute approximate surface area is 98.0 Å². The predicted molar refractivity (Wildman–Crippen MR) is 66.9 cm³/mol. The molecule has 0 unspecified atom stereocenters. The molecule has 0 amide bonds. The van der Waals surface area contributed by atoms with Crippen LogP contribution in [0.1, 0.15) is 31.2 Å². The molecule has 1 aromatic rings. The van der Waals surface area contributed by atoms with E-state index in [-0.39, 0.29) is 5.60 Å². The zero-order valence-electron chi connectivity index (χ0n) is 10.3. The molecule has 1 saturated carbocycles. The highest BCUT2D eigenvalue weighted by Crippen LogP contribution is 2.39. The van der Waals surface area contributed by atoms with Gasteiger partial charge in [-0.3, -0.25) is 0 Å². The van der Waals surface area contributed by atoms with Crippen LogP contribution in [0.2, 0.25) is 0 Å². The molecule has 2 nitrogen and oxygen atoms in total. The van der Waals surface area contributed by atoms with Gasteiger partial charge in [-0.25, -0.2) is 0 Å². The summed E-state index contributed by atoms with van der Waals surface area (Å²) >= 11 is 0. The van der Waals surface area contributed by atoms with Gasteiger partial charge in [0.1, 0.15) is 11.4 Å². The van der Waals surface area contributed by atoms with Crippen molar-refractivity contribution < 1.29 is 4.74 Å². The molecule has 2 heteroatoms. The summed E-state index contributed by atoms with van der Waals surface area (Å²) < 4.78 is 6.16. The third-order valence-corrected chi connectivity index (χ3v) is 3.45. The van der Waals surface area contributed by atoms with Crippen LogP contribution in [0.4, 0.5) is 0 Å². The van der Waals surface area contributed by atoms with Gasteiger partial charge in [-0.2, -0.15) is 0 Å². The lowest BCUT2D eigenvalue weighted by Crippen LogP contribution is -2.45. The minimum atomic E-state index is 0.109. The molecule has 0 bridgehead atoms. The molecular weight excluding hydrogens is 198 g/mol. The summed E-state index contributed by atoms with van der Waals surface area (Å²) in [5.41, 5.74) is 1.39. The lowest BCUT2D eigenvalue weighted by molar-refractivity contribution is -0.0138. The summed E-state index contributed by atoms with van der Waals surface area (Å²) in [7, 11) is 2.00. The van der Waals surface area contributed by atoms with E-state index in [1.807, 2.05) is 7.05 Å². The normalized spacial score (nSPS) is 17.9. The number of ether oxygens (including phenoxy) is 1. The van der Waals surface area contributed by atoms with E-state index in [9.17, 15) is 0 Å². The number of hydrogen-bond donors (Lipinski definition) is 1. The van der Waals surface area contributed by atoms with Crippen LogP contribution >= 0.6 is 0 Å². The van der Waals surface area contributed by atoms with E-state index in [0.29, 0.717) is 0 Å². The summed E-state index contributed by atoms with van der Waals surface area (Å²) in [6, 6.07) is 8.38. The van der Waals surface area contributed by atoms with Crippen LogP contribution in [-0.2, 0) is 0 Å². The molecule has 16 heavy (non-hydrogen) atoms. The smallest absolute Gasteiger partial charge is 0.120 e. The van der Waals surface area contributed by atoms with Gasteiger partial charge in [0.05, 0.1) is 0 Å². The first-order valence-corrected chi connectivity index (χ1v) is 6.14. The second-order valence-corrected chi connectivity index (χ2v) is 4.81. The topological polar surface area (TPSA) is 21.3 Å². The van der Waals surface area contributed by atoms with Crippen molar-refractivity contribution >= 4 is 0 Å². The molecule has 0 aliphatic heterocycles. The molecule has 0 aromatic heterocycles. The zero-order chi connectivity index (χ0) is 11.4. The van der Waals surface area contributed by atoms with E-state index in [1.54, 1.807) is 0 Å². The van der Waals surface area contributed by atoms with Gasteiger partial charge in [0.15, 0.2) is 0 Å². The van der Waals surface area contributed by atoms with Gasteiger partial charge in [-0.15, -0.1) is 0 Å². The minimum absolute atomic E-state index is 0.109. The van der Waals surface area contributed by atoms with Crippen molar-refractivity contribution in [3.63, 3.8) is 0 Å². The number of benzene rings is 1. The van der Waals surface area contributed by atoms with E-state index in [2.05, 4.69) is 36.5 Å². The first-order chi connectivity index (χ1) is 7.74. The maximum atomic E-state index is 6.16. The highest BCUT2D eigenvalue weighted by atomic mass is 16.5. The summed E-state index contributed by atoms with van der Waals surface area (Å²) in [4.78, 5) is 0. The molecule has 1 fully saturated rings. The molecule has 0 saturated heterocycles. The van der Waals surface area contributed by atoms with Gasteiger partial charge in [-0.1, -0.05) is 17.7 Å². The Hall–Kier alpha value is -1.02. The van der Waals surface area contributed by atoms with Gasteiger partial charge >= 0.3 is 0 Å². The average Bonchev–Trinajstić information content (AvgIpc) is 2.25. The predicted octanol–water partition coefficient (Wildman–Crippen LogP) is 2.91. The number of rotatable bonds is 5. The first-order valence-electron chi connectivity index (χ1n) is 6.14. The van der Waals surface area contributed by atoms with Crippen molar-refractivity contribution in [2.24, 2.45) is 0 Å². The van der Waals surface area contributed by atoms with Gasteiger partial charge < -0.3 is 10.1 Å². The molecule has 2 rings (SSSR count). The molecule has 1 aromatic carbocycles. The monoisotopic (exact) mass is 219 g/mol. The van der Waals surface area contributed by atoms with Crippen molar-refractivity contribution in [1.29, 1.82) is 0 Å². The highest BCUT2D eigenvalue weighted by molar-refractivity contribution is 5.27. The van der Waals surface area contributed by atoms with E-state index in [0.717, 1.165) is 18.7 Å². The molecular formula is C14H21NO. The van der Waals surface area contributed by atoms with E-state index >= 15 is 0 Å². The number of aryl methyl sites for hydroxylation is 1. The largest absolute Gasteiger partial charge is 0.487 e. The summed E-state index contributed by atoms with van der Waals surface area (Å²) in [5.74, 6) is 1.02. The lowest BCUT2D eigenvalue weighted by Gasteiger charge is -2.42. The van der Waals surface area contributed by atoms with Crippen molar-refractivity contribution in [2.75, 3.05) is 13.6 Å². The van der Waals surface area contributed by atoms with Crippen LogP contribution < -0.4 is 10.1 Å². The van der Waals surface area contributed by atoms with Gasteiger partial charge in [0.2, 0.25) is 0 Å². The Bertz CT molecular complexity index is 327. The van der Waals surface area contributed by atoms with Crippen molar-refractivity contribution in [1.82, 2.24) is 5.32 Å². The van der Waals surface area contributed by atoms with Crippen molar-refractivity contribution in [2.45, 2.75) is 38.2 Å². The number of nitrogens with one attached hydrogen (secondary N) is 1. The Morgan fingerprint density at radius 1 is 1.25 bits per heavy atom. The van der Waals surface area contributed by atoms with Crippen LogP contribution in [0.15, 0.2) is 24.3 Å². The van der Waals surface area contributed by atoms with E-state index in [1.165, 1.54) is 24.8 Å². The maximum Gasteiger partial charge on any atom is 0.120 e. The molecule has 1 N–H and O–H groups in total.